The van der Waals surface area contributed by atoms with Crippen molar-refractivity contribution >= 4 is 39.3 Å². The van der Waals surface area contributed by atoms with E-state index in [2.05, 4.69) is 15.9 Å². The Labute approximate surface area is 118 Å². The van der Waals surface area contributed by atoms with Gasteiger partial charge in [0.2, 0.25) is 0 Å². The lowest BCUT2D eigenvalue weighted by molar-refractivity contribution is -0.147. The predicted octanol–water partition coefficient (Wildman–Crippen LogP) is 2.05. The Hall–Kier alpha value is -0.910. The zero-order valence-electron chi connectivity index (χ0n) is 9.40. The molecule has 0 aromatic heterocycles. The van der Waals surface area contributed by atoms with Gasteiger partial charge in [0, 0.05) is 11.8 Å². The minimum Gasteiger partial charge on any atom is -0.479 e. The molecule has 4 nitrogen and oxygen atoms in total. The lowest BCUT2D eigenvalue weighted by Gasteiger charge is -2.12. The number of aliphatic carboxylic acids is 1. The van der Waals surface area contributed by atoms with Crippen molar-refractivity contribution in [3.05, 3.63) is 34.9 Å². The average molecular weight is 336 g/mol. The van der Waals surface area contributed by atoms with E-state index in [1.54, 1.807) is 12.1 Å². The van der Waals surface area contributed by atoms with E-state index in [0.29, 0.717) is 22.0 Å². The number of halogens is 2. The van der Waals surface area contributed by atoms with Gasteiger partial charge < -0.3 is 10.2 Å². The summed E-state index contributed by atoms with van der Waals surface area (Å²) in [5.74, 6) is -1.56. The second-order valence-corrected chi connectivity index (χ2v) is 4.58. The maximum absolute atomic E-state index is 11.2. The van der Waals surface area contributed by atoms with Gasteiger partial charge in [-0.3, -0.25) is 4.79 Å². The van der Waals surface area contributed by atoms with E-state index in [4.69, 9.17) is 16.7 Å². The lowest BCUT2D eigenvalue weighted by Crippen LogP contribution is -2.13. The fourth-order valence-electron chi connectivity index (χ4n) is 1.54. The highest BCUT2D eigenvalue weighted by molar-refractivity contribution is 9.08. The number of hydrogen-bond acceptors (Lipinski definition) is 3. The molecule has 2 N–H and O–H groups in total. The Morgan fingerprint density at radius 2 is 2.06 bits per heavy atom. The van der Waals surface area contributed by atoms with Crippen molar-refractivity contribution in [2.24, 2.45) is 0 Å². The van der Waals surface area contributed by atoms with Crippen LogP contribution in [0.15, 0.2) is 18.2 Å². The van der Waals surface area contributed by atoms with Crippen LogP contribution < -0.4 is 0 Å². The zero-order chi connectivity index (χ0) is 13.7. The van der Waals surface area contributed by atoms with Gasteiger partial charge in [-0.2, -0.15) is 0 Å². The van der Waals surface area contributed by atoms with Crippen LogP contribution in [0, 0.1) is 0 Å². The number of carboxylic acid groups (broad SMARTS) is 1. The third-order valence-corrected chi connectivity index (χ3v) is 3.34. The summed E-state index contributed by atoms with van der Waals surface area (Å²) in [6, 6.07) is 4.94. The van der Waals surface area contributed by atoms with Crippen molar-refractivity contribution in [3.8, 4) is 0 Å². The number of ketones is 1. The molecule has 0 saturated heterocycles. The molecule has 6 heteroatoms. The third kappa shape index (κ3) is 3.80. The Morgan fingerprint density at radius 1 is 1.39 bits per heavy atom. The summed E-state index contributed by atoms with van der Waals surface area (Å²) in [6.45, 7) is 0. The largest absolute Gasteiger partial charge is 0.479 e. The highest BCUT2D eigenvalue weighted by Crippen LogP contribution is 2.23. The average Bonchev–Trinajstić information content (AvgIpc) is 2.37. The maximum atomic E-state index is 11.2. The van der Waals surface area contributed by atoms with Crippen molar-refractivity contribution in [2.75, 3.05) is 5.88 Å². The van der Waals surface area contributed by atoms with Gasteiger partial charge in [0.05, 0.1) is 5.88 Å². The van der Waals surface area contributed by atoms with Gasteiger partial charge >= 0.3 is 5.97 Å². The van der Waals surface area contributed by atoms with E-state index in [0.717, 1.165) is 0 Å². The molecule has 0 aliphatic heterocycles. The number of alkyl halides is 2. The smallest absolute Gasteiger partial charge is 0.337 e. The molecule has 0 amide bonds. The third-order valence-electron chi connectivity index (χ3n) is 2.43. The first-order valence-electron chi connectivity index (χ1n) is 5.15. The second kappa shape index (κ2) is 6.87. The van der Waals surface area contributed by atoms with Crippen molar-refractivity contribution in [3.63, 3.8) is 0 Å². The molecule has 18 heavy (non-hydrogen) atoms. The van der Waals surface area contributed by atoms with Crippen LogP contribution in [0.3, 0.4) is 0 Å². The summed E-state index contributed by atoms with van der Waals surface area (Å²) in [7, 11) is 0. The Kier molecular flexibility index (Phi) is 5.78. The first kappa shape index (κ1) is 15.1. The monoisotopic (exact) mass is 334 g/mol. The molecule has 0 saturated carbocycles. The van der Waals surface area contributed by atoms with E-state index >= 15 is 0 Å². The van der Waals surface area contributed by atoms with Crippen molar-refractivity contribution < 1.29 is 19.8 Å². The molecule has 0 spiro atoms. The molecular weight excluding hydrogens is 323 g/mol. The molecule has 1 rings (SSSR count). The van der Waals surface area contributed by atoms with E-state index < -0.39 is 12.1 Å². The quantitative estimate of drug-likeness (QED) is 0.780. The van der Waals surface area contributed by atoms with Gasteiger partial charge in [-0.15, -0.1) is 11.6 Å². The summed E-state index contributed by atoms with van der Waals surface area (Å²) in [5, 5.41) is 18.8. The summed E-state index contributed by atoms with van der Waals surface area (Å²) in [6.07, 6.45) is -1.46. The van der Waals surface area contributed by atoms with Crippen molar-refractivity contribution in [1.82, 2.24) is 0 Å². The topological polar surface area (TPSA) is 74.6 Å². The number of aliphatic hydroxyl groups is 1. The van der Waals surface area contributed by atoms with Crippen LogP contribution in [0.25, 0.3) is 0 Å². The van der Waals surface area contributed by atoms with E-state index in [1.165, 1.54) is 6.07 Å². The van der Waals surface area contributed by atoms with Crippen molar-refractivity contribution in [1.29, 1.82) is 0 Å². The first-order chi connectivity index (χ1) is 8.49. The summed E-state index contributed by atoms with van der Waals surface area (Å²) in [4.78, 5) is 22.0. The van der Waals surface area contributed by atoms with Crippen LogP contribution >= 0.6 is 27.5 Å². The zero-order valence-corrected chi connectivity index (χ0v) is 11.7. The second-order valence-electron chi connectivity index (χ2n) is 3.76. The number of carboxylic acids is 1. The fraction of sp³-hybridized carbons (Fsp3) is 0.333. The minimum absolute atomic E-state index is 0.0863. The van der Waals surface area contributed by atoms with Crippen LogP contribution in [0.2, 0.25) is 0 Å². The van der Waals surface area contributed by atoms with Gasteiger partial charge in [0.1, 0.15) is 0 Å². The Morgan fingerprint density at radius 3 is 2.56 bits per heavy atom. The van der Waals surface area contributed by atoms with Crippen LogP contribution in [0.4, 0.5) is 0 Å². The van der Waals surface area contributed by atoms with Crippen LogP contribution in [-0.4, -0.2) is 27.8 Å². The fourth-order valence-corrected chi connectivity index (χ4v) is 2.14. The van der Waals surface area contributed by atoms with Crippen LogP contribution in [0.1, 0.15) is 22.8 Å². The number of carbonyl (C=O) groups is 2. The first-order valence-corrected chi connectivity index (χ1v) is 6.81. The molecule has 0 fully saturated rings. The van der Waals surface area contributed by atoms with Gasteiger partial charge in [-0.25, -0.2) is 4.79 Å². The molecule has 1 aromatic rings. The van der Waals surface area contributed by atoms with Crippen molar-refractivity contribution in [2.45, 2.75) is 17.9 Å². The van der Waals surface area contributed by atoms with E-state index in [9.17, 15) is 14.7 Å². The summed E-state index contributed by atoms with van der Waals surface area (Å²) >= 11 is 8.64. The normalized spacial score (nSPS) is 12.2. The SMILES string of the molecule is O=C(CCl)Cc1ccc(CBr)c(C(O)C(=O)O)c1. The van der Waals surface area contributed by atoms with E-state index in [-0.39, 0.29) is 18.1 Å². The molecule has 1 unspecified atom stereocenters. The highest BCUT2D eigenvalue weighted by atomic mass is 79.9. The minimum atomic E-state index is -1.59. The Balaban J connectivity index is 3.09. The maximum Gasteiger partial charge on any atom is 0.337 e. The van der Waals surface area contributed by atoms with Gasteiger partial charge in [-0.05, 0) is 16.7 Å². The highest BCUT2D eigenvalue weighted by Gasteiger charge is 2.19. The number of Topliss-reactive ketones (excluding diaryl/α,β-unsaturated/α-hetero) is 1. The number of hydrogen-bond donors (Lipinski definition) is 2. The molecule has 0 radical (unpaired) electrons. The number of rotatable bonds is 6. The summed E-state index contributed by atoms with van der Waals surface area (Å²) < 4.78 is 0. The molecule has 0 heterocycles. The molecule has 98 valence electrons. The Bertz CT molecular complexity index is 461. The molecular formula is C12H12BrClO4. The lowest BCUT2D eigenvalue weighted by atomic mass is 9.98. The predicted molar refractivity (Wildman–Crippen MR) is 71.1 cm³/mol. The van der Waals surface area contributed by atoms with Crippen LogP contribution in [0.5, 0.6) is 0 Å². The van der Waals surface area contributed by atoms with E-state index in [1.807, 2.05) is 0 Å². The van der Waals surface area contributed by atoms with Gasteiger partial charge in [-0.1, -0.05) is 34.1 Å². The molecule has 1 atom stereocenters. The molecule has 0 aliphatic carbocycles. The number of aliphatic hydroxyl groups excluding tert-OH is 1. The molecule has 0 aliphatic rings. The molecule has 1 aromatic carbocycles. The van der Waals surface area contributed by atoms with Crippen LogP contribution in [-0.2, 0) is 21.3 Å². The standard InChI is InChI=1S/C12H12BrClO4/c13-5-8-2-1-7(3-9(15)6-14)4-10(8)11(16)12(17)18/h1-2,4,11,16H,3,5-6H2,(H,17,18). The molecule has 0 bridgehead atoms. The van der Waals surface area contributed by atoms with Gasteiger partial charge in [0.25, 0.3) is 0 Å². The number of benzene rings is 1. The number of carbonyl (C=O) groups excluding carboxylic acids is 1. The summed E-state index contributed by atoms with van der Waals surface area (Å²) in [5.41, 5.74) is 1.60. The van der Waals surface area contributed by atoms with Gasteiger partial charge in [0.15, 0.2) is 11.9 Å².